The van der Waals surface area contributed by atoms with Crippen LogP contribution in [0, 0.1) is 6.92 Å². The second kappa shape index (κ2) is 6.05. The number of hydrogen-bond acceptors (Lipinski definition) is 0. The molecule has 17 heavy (non-hydrogen) atoms. The van der Waals surface area contributed by atoms with Crippen molar-refractivity contribution >= 4 is 6.08 Å². The molecule has 0 saturated heterocycles. The SMILES string of the molecule is C.CC=Cc1ccc(-c2ccc(C)cc2)cc1. The quantitative estimate of drug-likeness (QED) is 0.646. The first kappa shape index (κ1) is 13.2. The zero-order valence-corrected chi connectivity index (χ0v) is 9.77. The van der Waals surface area contributed by atoms with Crippen molar-refractivity contribution in [2.45, 2.75) is 21.3 Å². The standard InChI is InChI=1S/C16H16.CH4/c1-3-4-14-7-11-16(12-8-14)15-9-5-13(2)6-10-15;/h3-12H,1-2H3;1H4. The van der Waals surface area contributed by atoms with E-state index in [-0.39, 0.29) is 7.43 Å². The number of rotatable bonds is 2. The van der Waals surface area contributed by atoms with Crippen molar-refractivity contribution in [2.24, 2.45) is 0 Å². The molecule has 0 heterocycles. The van der Waals surface area contributed by atoms with Crippen LogP contribution < -0.4 is 0 Å². The van der Waals surface area contributed by atoms with E-state index in [0.717, 1.165) is 0 Å². The fraction of sp³-hybridized carbons (Fsp3) is 0.176. The van der Waals surface area contributed by atoms with Gasteiger partial charge in [-0.25, -0.2) is 0 Å². The summed E-state index contributed by atoms with van der Waals surface area (Å²) in [5.41, 5.74) is 5.10. The Morgan fingerprint density at radius 2 is 1.24 bits per heavy atom. The molecule has 0 aliphatic rings. The minimum Gasteiger partial charge on any atom is -0.0871 e. The molecule has 0 radical (unpaired) electrons. The molecule has 2 rings (SSSR count). The van der Waals surface area contributed by atoms with E-state index in [1.807, 2.05) is 6.92 Å². The summed E-state index contributed by atoms with van der Waals surface area (Å²) in [6.45, 7) is 4.15. The van der Waals surface area contributed by atoms with E-state index in [1.165, 1.54) is 22.3 Å². The fourth-order valence-electron chi connectivity index (χ4n) is 1.73. The number of aryl methyl sites for hydroxylation is 1. The molecule has 0 aliphatic carbocycles. The Morgan fingerprint density at radius 3 is 1.71 bits per heavy atom. The Morgan fingerprint density at radius 1 is 0.765 bits per heavy atom. The summed E-state index contributed by atoms with van der Waals surface area (Å²) >= 11 is 0. The van der Waals surface area contributed by atoms with Crippen LogP contribution >= 0.6 is 0 Å². The summed E-state index contributed by atoms with van der Waals surface area (Å²) in [4.78, 5) is 0. The van der Waals surface area contributed by atoms with E-state index in [1.54, 1.807) is 0 Å². The number of hydrogen-bond donors (Lipinski definition) is 0. The highest BCUT2D eigenvalue weighted by molar-refractivity contribution is 5.65. The van der Waals surface area contributed by atoms with Crippen molar-refractivity contribution < 1.29 is 0 Å². The highest BCUT2D eigenvalue weighted by atomic mass is 14.0. The van der Waals surface area contributed by atoms with Crippen molar-refractivity contribution in [3.8, 4) is 11.1 Å². The third-order valence-corrected chi connectivity index (χ3v) is 2.65. The molecule has 2 aromatic carbocycles. The van der Waals surface area contributed by atoms with Gasteiger partial charge < -0.3 is 0 Å². The molecule has 0 unspecified atom stereocenters. The molecular weight excluding hydrogens is 204 g/mol. The van der Waals surface area contributed by atoms with Gasteiger partial charge in [0.1, 0.15) is 0 Å². The van der Waals surface area contributed by atoms with E-state index in [9.17, 15) is 0 Å². The number of allylic oxidation sites excluding steroid dienone is 1. The van der Waals surface area contributed by atoms with Crippen LogP contribution in [0.2, 0.25) is 0 Å². The van der Waals surface area contributed by atoms with Crippen molar-refractivity contribution in [2.75, 3.05) is 0 Å². The predicted octanol–water partition coefficient (Wildman–Crippen LogP) is 5.33. The second-order valence-electron chi connectivity index (χ2n) is 3.99. The molecule has 0 bridgehead atoms. The molecular formula is C17H20. The highest BCUT2D eigenvalue weighted by Gasteiger charge is 1.96. The summed E-state index contributed by atoms with van der Waals surface area (Å²) in [7, 11) is 0. The molecule has 0 fully saturated rings. The summed E-state index contributed by atoms with van der Waals surface area (Å²) in [6, 6.07) is 17.3. The molecule has 2 aromatic rings. The maximum Gasteiger partial charge on any atom is -0.0184 e. The summed E-state index contributed by atoms with van der Waals surface area (Å²) in [5.74, 6) is 0. The van der Waals surface area contributed by atoms with Crippen molar-refractivity contribution in [1.82, 2.24) is 0 Å². The lowest BCUT2D eigenvalue weighted by Crippen LogP contribution is -1.79. The lowest BCUT2D eigenvalue weighted by atomic mass is 10.0. The lowest BCUT2D eigenvalue weighted by molar-refractivity contribution is 1.47. The van der Waals surface area contributed by atoms with Gasteiger partial charge in [-0.2, -0.15) is 0 Å². The van der Waals surface area contributed by atoms with Crippen LogP contribution in [-0.4, -0.2) is 0 Å². The van der Waals surface area contributed by atoms with Gasteiger partial charge >= 0.3 is 0 Å². The average molecular weight is 224 g/mol. The molecule has 0 heteroatoms. The monoisotopic (exact) mass is 224 g/mol. The van der Waals surface area contributed by atoms with Crippen LogP contribution in [-0.2, 0) is 0 Å². The zero-order valence-electron chi connectivity index (χ0n) is 9.77. The highest BCUT2D eigenvalue weighted by Crippen LogP contribution is 2.20. The lowest BCUT2D eigenvalue weighted by Gasteiger charge is -2.02. The molecule has 0 aromatic heterocycles. The van der Waals surface area contributed by atoms with Crippen molar-refractivity contribution in [3.05, 3.63) is 65.7 Å². The minimum atomic E-state index is 0. The van der Waals surface area contributed by atoms with Gasteiger partial charge in [-0.3, -0.25) is 0 Å². The number of benzene rings is 2. The van der Waals surface area contributed by atoms with Crippen LogP contribution in [0.5, 0.6) is 0 Å². The van der Waals surface area contributed by atoms with Crippen LogP contribution in [0.25, 0.3) is 17.2 Å². The Hall–Kier alpha value is -1.82. The molecule has 0 nitrogen and oxygen atoms in total. The van der Waals surface area contributed by atoms with Gasteiger partial charge in [0, 0.05) is 0 Å². The molecule has 0 atom stereocenters. The van der Waals surface area contributed by atoms with Crippen molar-refractivity contribution in [3.63, 3.8) is 0 Å². The summed E-state index contributed by atoms with van der Waals surface area (Å²) in [5, 5.41) is 0. The zero-order chi connectivity index (χ0) is 11.4. The van der Waals surface area contributed by atoms with Gasteiger partial charge in [0.25, 0.3) is 0 Å². The first-order chi connectivity index (χ1) is 7.79. The molecule has 0 amide bonds. The molecule has 88 valence electrons. The smallest absolute Gasteiger partial charge is 0.0184 e. The van der Waals surface area contributed by atoms with Gasteiger partial charge in [0.05, 0.1) is 0 Å². The topological polar surface area (TPSA) is 0 Å². The fourth-order valence-corrected chi connectivity index (χ4v) is 1.73. The van der Waals surface area contributed by atoms with E-state index in [4.69, 9.17) is 0 Å². The van der Waals surface area contributed by atoms with E-state index in [2.05, 4.69) is 67.6 Å². The van der Waals surface area contributed by atoms with Crippen LogP contribution in [0.4, 0.5) is 0 Å². The summed E-state index contributed by atoms with van der Waals surface area (Å²) < 4.78 is 0. The predicted molar refractivity (Wildman–Crippen MR) is 78.1 cm³/mol. The second-order valence-corrected chi connectivity index (χ2v) is 3.99. The van der Waals surface area contributed by atoms with E-state index in [0.29, 0.717) is 0 Å². The van der Waals surface area contributed by atoms with Gasteiger partial charge in [-0.15, -0.1) is 0 Å². The van der Waals surface area contributed by atoms with Crippen LogP contribution in [0.15, 0.2) is 54.6 Å². The first-order valence-corrected chi connectivity index (χ1v) is 5.59. The Kier molecular flexibility index (Phi) is 4.71. The maximum absolute atomic E-state index is 2.17. The normalized spacial score (nSPS) is 10.2. The van der Waals surface area contributed by atoms with Crippen LogP contribution in [0.1, 0.15) is 25.5 Å². The first-order valence-electron chi connectivity index (χ1n) is 5.59. The van der Waals surface area contributed by atoms with Gasteiger partial charge in [0.15, 0.2) is 0 Å². The third-order valence-electron chi connectivity index (χ3n) is 2.65. The molecule has 0 aliphatic heterocycles. The third kappa shape index (κ3) is 3.32. The maximum atomic E-state index is 2.17. The van der Waals surface area contributed by atoms with E-state index >= 15 is 0 Å². The Bertz CT molecular complexity index is 472. The van der Waals surface area contributed by atoms with Gasteiger partial charge in [-0.1, -0.05) is 73.7 Å². The van der Waals surface area contributed by atoms with Crippen molar-refractivity contribution in [1.29, 1.82) is 0 Å². The average Bonchev–Trinajstić information content (AvgIpc) is 2.32. The van der Waals surface area contributed by atoms with Gasteiger partial charge in [-0.05, 0) is 30.5 Å². The Labute approximate surface area is 105 Å². The molecule has 0 saturated carbocycles. The molecule has 0 N–H and O–H groups in total. The van der Waals surface area contributed by atoms with Gasteiger partial charge in [0.2, 0.25) is 0 Å². The summed E-state index contributed by atoms with van der Waals surface area (Å²) in [6.07, 6.45) is 4.17. The molecule has 0 spiro atoms. The Balaban J connectivity index is 0.00000144. The van der Waals surface area contributed by atoms with E-state index < -0.39 is 0 Å². The minimum absolute atomic E-state index is 0. The largest absolute Gasteiger partial charge is 0.0871 e. The van der Waals surface area contributed by atoms with Crippen LogP contribution in [0.3, 0.4) is 0 Å².